The summed E-state index contributed by atoms with van der Waals surface area (Å²) in [6.45, 7) is 3.55. The zero-order chi connectivity index (χ0) is 22.6. The molecule has 0 spiro atoms. The second-order valence-corrected chi connectivity index (χ2v) is 8.45. The van der Waals surface area contributed by atoms with Crippen molar-refractivity contribution in [3.63, 3.8) is 0 Å². The quantitative estimate of drug-likeness (QED) is 0.388. The molecule has 0 radical (unpaired) electrons. The Labute approximate surface area is 180 Å². The van der Waals surface area contributed by atoms with Gasteiger partial charge in [0, 0.05) is 12.6 Å². The van der Waals surface area contributed by atoms with E-state index in [0.717, 1.165) is 6.07 Å². The fraction of sp³-hybridized carbons (Fsp3) is 0.136. The second-order valence-electron chi connectivity index (χ2n) is 6.59. The van der Waals surface area contributed by atoms with Gasteiger partial charge in [-0.1, -0.05) is 18.2 Å². The van der Waals surface area contributed by atoms with E-state index in [9.17, 15) is 18.5 Å². The fourth-order valence-corrected chi connectivity index (χ4v) is 4.55. The highest BCUT2D eigenvalue weighted by atomic mass is 32.2. The molecule has 31 heavy (non-hydrogen) atoms. The Morgan fingerprint density at radius 2 is 1.74 bits per heavy atom. The van der Waals surface area contributed by atoms with Crippen LogP contribution in [0.2, 0.25) is 0 Å². The van der Waals surface area contributed by atoms with Gasteiger partial charge in [-0.3, -0.25) is 14.4 Å². The minimum atomic E-state index is -4.03. The molecule has 0 heterocycles. The molecule has 8 nitrogen and oxygen atoms in total. The maximum atomic E-state index is 13.2. The molecule has 0 aliphatic carbocycles. The molecule has 0 amide bonds. The van der Waals surface area contributed by atoms with Crippen molar-refractivity contribution >= 4 is 21.4 Å². The average Bonchev–Trinajstić information content (AvgIpc) is 2.76. The molecule has 3 aromatic carbocycles. The van der Waals surface area contributed by atoms with Crippen molar-refractivity contribution in [2.24, 2.45) is 0 Å². The topological polar surface area (TPSA) is 114 Å². The zero-order valence-corrected chi connectivity index (χ0v) is 17.7. The highest BCUT2D eigenvalue weighted by Crippen LogP contribution is 2.36. The number of nitro groups is 1. The molecule has 0 aliphatic rings. The molecular weight excluding hydrogens is 418 g/mol. The first kappa shape index (κ1) is 21.8. The van der Waals surface area contributed by atoms with Gasteiger partial charge in [0.2, 0.25) is 5.75 Å². The summed E-state index contributed by atoms with van der Waals surface area (Å²) in [7, 11) is -4.03. The predicted octanol–water partition coefficient (Wildman–Crippen LogP) is 4.78. The Bertz CT molecular complexity index is 1270. The Hall–Kier alpha value is -3.90. The molecule has 0 atom stereocenters. The van der Waals surface area contributed by atoms with E-state index >= 15 is 0 Å². The molecule has 0 bridgehead atoms. The molecule has 0 N–H and O–H groups in total. The van der Waals surface area contributed by atoms with Crippen molar-refractivity contribution in [1.29, 1.82) is 5.26 Å². The van der Waals surface area contributed by atoms with Gasteiger partial charge in [-0.2, -0.15) is 5.26 Å². The lowest BCUT2D eigenvalue weighted by Gasteiger charge is -2.23. The van der Waals surface area contributed by atoms with Crippen LogP contribution in [-0.2, 0) is 10.0 Å². The first-order valence-corrected chi connectivity index (χ1v) is 10.8. The lowest BCUT2D eigenvalue weighted by Crippen LogP contribution is -2.30. The number of rotatable bonds is 7. The summed E-state index contributed by atoms with van der Waals surface area (Å²) in [5.74, 6) is 0.233. The third-order valence-corrected chi connectivity index (χ3v) is 6.47. The van der Waals surface area contributed by atoms with Crippen LogP contribution in [-0.4, -0.2) is 19.9 Å². The molecule has 9 heteroatoms. The van der Waals surface area contributed by atoms with E-state index in [0.29, 0.717) is 22.6 Å². The van der Waals surface area contributed by atoms with Gasteiger partial charge in [0.25, 0.3) is 10.0 Å². The molecule has 0 saturated carbocycles. The minimum absolute atomic E-state index is 0.0977. The van der Waals surface area contributed by atoms with E-state index in [1.807, 2.05) is 6.07 Å². The van der Waals surface area contributed by atoms with Crippen LogP contribution >= 0.6 is 0 Å². The Balaban J connectivity index is 2.02. The van der Waals surface area contributed by atoms with Gasteiger partial charge in [0.15, 0.2) is 0 Å². The van der Waals surface area contributed by atoms with Crippen LogP contribution in [0, 0.1) is 28.4 Å². The monoisotopic (exact) mass is 437 g/mol. The molecule has 0 saturated heterocycles. The van der Waals surface area contributed by atoms with Gasteiger partial charge >= 0.3 is 5.69 Å². The highest BCUT2D eigenvalue weighted by Gasteiger charge is 2.28. The summed E-state index contributed by atoms with van der Waals surface area (Å²) >= 11 is 0. The van der Waals surface area contributed by atoms with Crippen LogP contribution in [0.3, 0.4) is 0 Å². The normalized spacial score (nSPS) is 10.9. The number of benzene rings is 3. The molecule has 0 unspecified atom stereocenters. The van der Waals surface area contributed by atoms with Gasteiger partial charge in [0.1, 0.15) is 5.75 Å². The fourth-order valence-electron chi connectivity index (χ4n) is 3.05. The zero-order valence-electron chi connectivity index (χ0n) is 16.8. The van der Waals surface area contributed by atoms with Crippen LogP contribution in [0.1, 0.15) is 18.1 Å². The maximum Gasteiger partial charge on any atom is 0.312 e. The Morgan fingerprint density at radius 1 is 1.06 bits per heavy atom. The van der Waals surface area contributed by atoms with Gasteiger partial charge < -0.3 is 4.74 Å². The van der Waals surface area contributed by atoms with Crippen LogP contribution in [0.25, 0.3) is 0 Å². The third kappa shape index (κ3) is 4.49. The van der Waals surface area contributed by atoms with Crippen molar-refractivity contribution in [1.82, 2.24) is 0 Å². The summed E-state index contributed by atoms with van der Waals surface area (Å²) in [4.78, 5) is 10.8. The SMILES string of the molecule is CCN(c1ccccc1)S(=O)(=O)c1ccc(Oc2ccc(C#N)cc2C)c([N+](=O)[O-])c1. The number of ether oxygens (including phenoxy) is 1. The number of hydrogen-bond donors (Lipinski definition) is 0. The Kier molecular flexibility index (Phi) is 6.22. The molecule has 0 aliphatic heterocycles. The van der Waals surface area contributed by atoms with Crippen molar-refractivity contribution < 1.29 is 18.1 Å². The van der Waals surface area contributed by atoms with Gasteiger partial charge in [-0.25, -0.2) is 8.42 Å². The van der Waals surface area contributed by atoms with Crippen molar-refractivity contribution in [2.75, 3.05) is 10.8 Å². The van der Waals surface area contributed by atoms with Crippen molar-refractivity contribution in [3.8, 4) is 17.6 Å². The van der Waals surface area contributed by atoms with Crippen molar-refractivity contribution in [2.45, 2.75) is 18.7 Å². The van der Waals surface area contributed by atoms with Gasteiger partial charge in [-0.15, -0.1) is 0 Å². The molecule has 0 aromatic heterocycles. The first-order valence-electron chi connectivity index (χ1n) is 9.32. The minimum Gasteiger partial charge on any atom is -0.450 e. The predicted molar refractivity (Wildman–Crippen MR) is 116 cm³/mol. The van der Waals surface area contributed by atoms with Crippen LogP contribution in [0.4, 0.5) is 11.4 Å². The van der Waals surface area contributed by atoms with Crippen LogP contribution in [0.5, 0.6) is 11.5 Å². The van der Waals surface area contributed by atoms with Gasteiger partial charge in [0.05, 0.1) is 27.1 Å². The average molecular weight is 437 g/mol. The number of nitro benzene ring substituents is 1. The van der Waals surface area contributed by atoms with Crippen LogP contribution < -0.4 is 9.04 Å². The van der Waals surface area contributed by atoms with E-state index < -0.39 is 20.6 Å². The molecular formula is C22H19N3O5S. The molecule has 3 rings (SSSR count). The maximum absolute atomic E-state index is 13.2. The molecule has 0 fully saturated rings. The summed E-state index contributed by atoms with van der Waals surface area (Å²) in [5.41, 5.74) is 1.03. The van der Waals surface area contributed by atoms with E-state index in [1.54, 1.807) is 50.2 Å². The lowest BCUT2D eigenvalue weighted by atomic mass is 10.1. The number of nitrogens with zero attached hydrogens (tertiary/aromatic N) is 3. The smallest absolute Gasteiger partial charge is 0.312 e. The largest absolute Gasteiger partial charge is 0.450 e. The molecule has 3 aromatic rings. The first-order chi connectivity index (χ1) is 14.8. The highest BCUT2D eigenvalue weighted by molar-refractivity contribution is 7.92. The van der Waals surface area contributed by atoms with Crippen LogP contribution in [0.15, 0.2) is 71.6 Å². The summed E-state index contributed by atoms with van der Waals surface area (Å²) < 4.78 is 33.2. The summed E-state index contributed by atoms with van der Waals surface area (Å²) in [5, 5.41) is 20.6. The summed E-state index contributed by atoms with van der Waals surface area (Å²) in [6, 6.07) is 18.7. The molecule has 158 valence electrons. The second kappa shape index (κ2) is 8.85. The van der Waals surface area contributed by atoms with E-state index in [-0.39, 0.29) is 17.2 Å². The van der Waals surface area contributed by atoms with E-state index in [2.05, 4.69) is 0 Å². The number of para-hydroxylation sites is 1. The lowest BCUT2D eigenvalue weighted by molar-refractivity contribution is -0.385. The van der Waals surface area contributed by atoms with Gasteiger partial charge in [-0.05, 0) is 61.9 Å². The number of anilines is 1. The number of sulfonamides is 1. The number of nitriles is 1. The third-order valence-electron chi connectivity index (χ3n) is 4.57. The Morgan fingerprint density at radius 3 is 2.32 bits per heavy atom. The van der Waals surface area contributed by atoms with E-state index in [4.69, 9.17) is 10.00 Å². The van der Waals surface area contributed by atoms with E-state index in [1.165, 1.54) is 28.6 Å². The number of aryl methyl sites for hydroxylation is 1. The number of hydrogen-bond acceptors (Lipinski definition) is 6. The summed E-state index contributed by atoms with van der Waals surface area (Å²) in [6.07, 6.45) is 0. The standard InChI is InChI=1S/C22H19N3O5S/c1-3-24(18-7-5-4-6-8-18)31(28,29)19-10-12-22(20(14-19)25(26)27)30-21-11-9-17(15-23)13-16(21)2/h4-14H,3H2,1-2H3. The van der Waals surface area contributed by atoms with Crippen molar-refractivity contribution in [3.05, 3.63) is 88.0 Å².